The Morgan fingerprint density at radius 3 is 2.57 bits per heavy atom. The van der Waals surface area contributed by atoms with Crippen molar-refractivity contribution < 1.29 is 9.59 Å². The molecule has 5 nitrogen and oxygen atoms in total. The van der Waals surface area contributed by atoms with Gasteiger partial charge in [-0.05, 0) is 12.1 Å². The number of amides is 2. The average molecular weight is 322 g/mol. The summed E-state index contributed by atoms with van der Waals surface area (Å²) in [6, 6.07) is 11.4. The number of carbonyl (C=O) groups is 2. The molecule has 2 rings (SSSR count). The lowest BCUT2D eigenvalue weighted by Crippen LogP contribution is -2.20. The van der Waals surface area contributed by atoms with Crippen LogP contribution in [0.5, 0.6) is 0 Å². The molecule has 0 saturated carbocycles. The van der Waals surface area contributed by atoms with Gasteiger partial charge in [0.15, 0.2) is 5.78 Å². The van der Waals surface area contributed by atoms with Crippen LogP contribution in [0.2, 0.25) is 5.15 Å². The van der Waals surface area contributed by atoms with Gasteiger partial charge in [-0.1, -0.05) is 53.7 Å². The molecule has 2 amide bonds. The first-order chi connectivity index (χ1) is 10.1. The Labute approximate surface area is 130 Å². The number of primary amides is 1. The zero-order valence-corrected chi connectivity index (χ0v) is 12.4. The van der Waals surface area contributed by atoms with Gasteiger partial charge < -0.3 is 11.1 Å². The van der Waals surface area contributed by atoms with Gasteiger partial charge in [0.1, 0.15) is 10.2 Å². The van der Waals surface area contributed by atoms with Crippen molar-refractivity contribution >= 4 is 40.9 Å². The van der Waals surface area contributed by atoms with Crippen LogP contribution in [0.4, 0.5) is 10.5 Å². The number of urea groups is 1. The predicted molar refractivity (Wildman–Crippen MR) is 83.9 cm³/mol. The van der Waals surface area contributed by atoms with Crippen molar-refractivity contribution in [1.82, 2.24) is 4.98 Å². The van der Waals surface area contributed by atoms with Gasteiger partial charge in [0, 0.05) is 5.56 Å². The number of ketones is 1. The minimum absolute atomic E-state index is 0.0348. The number of rotatable bonds is 5. The molecule has 108 valence electrons. The van der Waals surface area contributed by atoms with Crippen LogP contribution in [0.25, 0.3) is 0 Å². The van der Waals surface area contributed by atoms with Crippen LogP contribution in [0.1, 0.15) is 10.4 Å². The highest BCUT2D eigenvalue weighted by atomic mass is 35.5. The first kappa shape index (κ1) is 15.3. The fraction of sp³-hybridized carbons (Fsp3) is 0.0714. The monoisotopic (exact) mass is 321 g/mol. The smallest absolute Gasteiger partial charge is 0.316 e. The molecule has 1 heterocycles. The van der Waals surface area contributed by atoms with Crippen LogP contribution < -0.4 is 11.1 Å². The molecule has 0 aliphatic carbocycles. The minimum Gasteiger partial charge on any atom is -0.351 e. The fourth-order valence-corrected chi connectivity index (χ4v) is 2.67. The largest absolute Gasteiger partial charge is 0.351 e. The third-order valence-electron chi connectivity index (χ3n) is 2.52. The Morgan fingerprint density at radius 2 is 1.90 bits per heavy atom. The van der Waals surface area contributed by atoms with Gasteiger partial charge in [-0.25, -0.2) is 9.78 Å². The maximum absolute atomic E-state index is 12.0. The van der Waals surface area contributed by atoms with Gasteiger partial charge in [0.2, 0.25) is 0 Å². The van der Waals surface area contributed by atoms with Gasteiger partial charge >= 0.3 is 6.03 Å². The molecule has 2 aromatic rings. The number of thioether (sulfide) groups is 1. The van der Waals surface area contributed by atoms with E-state index in [9.17, 15) is 9.59 Å². The van der Waals surface area contributed by atoms with Crippen molar-refractivity contribution in [2.75, 3.05) is 11.1 Å². The summed E-state index contributed by atoms with van der Waals surface area (Å²) in [6.45, 7) is 0. The lowest BCUT2D eigenvalue weighted by Gasteiger charge is -2.08. The molecule has 0 bridgehead atoms. The Bertz CT molecular complexity index is 665. The van der Waals surface area contributed by atoms with Crippen molar-refractivity contribution in [1.29, 1.82) is 0 Å². The Hall–Kier alpha value is -2.05. The zero-order chi connectivity index (χ0) is 15.2. The maximum Gasteiger partial charge on any atom is 0.316 e. The number of hydrogen-bond acceptors (Lipinski definition) is 4. The molecule has 1 aromatic heterocycles. The second-order valence-corrected chi connectivity index (χ2v) is 5.41. The molecule has 0 saturated heterocycles. The van der Waals surface area contributed by atoms with Crippen molar-refractivity contribution in [2.45, 2.75) is 5.03 Å². The number of nitrogens with two attached hydrogens (primary N) is 1. The van der Waals surface area contributed by atoms with Crippen molar-refractivity contribution in [2.24, 2.45) is 5.73 Å². The summed E-state index contributed by atoms with van der Waals surface area (Å²) < 4.78 is 0. The van der Waals surface area contributed by atoms with Gasteiger partial charge in [0.05, 0.1) is 11.4 Å². The summed E-state index contributed by atoms with van der Waals surface area (Å²) in [5, 5.41) is 3.18. The van der Waals surface area contributed by atoms with Gasteiger partial charge in [-0.15, -0.1) is 0 Å². The van der Waals surface area contributed by atoms with E-state index in [0.29, 0.717) is 16.3 Å². The molecule has 0 spiro atoms. The molecule has 0 aliphatic rings. The van der Waals surface area contributed by atoms with E-state index in [1.54, 1.807) is 30.3 Å². The molecule has 3 N–H and O–H groups in total. The third-order valence-corrected chi connectivity index (χ3v) is 3.72. The summed E-state index contributed by atoms with van der Waals surface area (Å²) in [7, 11) is 0. The van der Waals surface area contributed by atoms with Crippen molar-refractivity contribution in [3.63, 3.8) is 0 Å². The second kappa shape index (κ2) is 7.10. The molecule has 0 fully saturated rings. The lowest BCUT2D eigenvalue weighted by molar-refractivity contribution is 0.102. The van der Waals surface area contributed by atoms with Gasteiger partial charge in [0.25, 0.3) is 0 Å². The molecule has 21 heavy (non-hydrogen) atoms. The second-order valence-electron chi connectivity index (χ2n) is 4.05. The van der Waals surface area contributed by atoms with E-state index in [-0.39, 0.29) is 16.7 Å². The zero-order valence-electron chi connectivity index (χ0n) is 10.9. The Balaban J connectivity index is 2.10. The van der Waals surface area contributed by atoms with E-state index in [0.717, 1.165) is 0 Å². The van der Waals surface area contributed by atoms with E-state index < -0.39 is 6.03 Å². The molecule has 1 aromatic carbocycles. The molecule has 0 unspecified atom stereocenters. The molecule has 7 heteroatoms. The number of halogens is 1. The standard InChI is InChI=1S/C14H12ClN3O2S/c15-12-7-6-10(17-14(16)20)13(18-12)21-8-11(19)9-4-2-1-3-5-9/h1-7H,8H2,(H3,16,17,20). The van der Waals surface area contributed by atoms with E-state index >= 15 is 0 Å². The highest BCUT2D eigenvalue weighted by Crippen LogP contribution is 2.27. The fourth-order valence-electron chi connectivity index (χ4n) is 1.60. The number of nitrogens with zero attached hydrogens (tertiary/aromatic N) is 1. The summed E-state index contributed by atoms with van der Waals surface area (Å²) >= 11 is 7.02. The topological polar surface area (TPSA) is 85.1 Å². The van der Waals surface area contributed by atoms with Gasteiger partial charge in [-0.3, -0.25) is 4.79 Å². The van der Waals surface area contributed by atoms with E-state index in [2.05, 4.69) is 10.3 Å². The lowest BCUT2D eigenvalue weighted by atomic mass is 10.2. The van der Waals surface area contributed by atoms with Crippen molar-refractivity contribution in [3.8, 4) is 0 Å². The van der Waals surface area contributed by atoms with Gasteiger partial charge in [-0.2, -0.15) is 0 Å². The van der Waals surface area contributed by atoms with Crippen LogP contribution >= 0.6 is 23.4 Å². The van der Waals surface area contributed by atoms with Crippen LogP contribution in [-0.2, 0) is 0 Å². The first-order valence-electron chi connectivity index (χ1n) is 6.00. The summed E-state index contributed by atoms with van der Waals surface area (Å²) in [6.07, 6.45) is 0. The number of anilines is 1. The Morgan fingerprint density at radius 1 is 1.19 bits per heavy atom. The maximum atomic E-state index is 12.0. The van der Waals surface area contributed by atoms with Crippen LogP contribution in [0.15, 0.2) is 47.5 Å². The minimum atomic E-state index is -0.699. The first-order valence-corrected chi connectivity index (χ1v) is 7.36. The SMILES string of the molecule is NC(=O)Nc1ccc(Cl)nc1SCC(=O)c1ccccc1. The molecular formula is C14H12ClN3O2S. The van der Waals surface area contributed by atoms with E-state index in [1.165, 1.54) is 17.8 Å². The number of Topliss-reactive ketones (excluding diaryl/α,β-unsaturated/α-hetero) is 1. The average Bonchev–Trinajstić information content (AvgIpc) is 2.47. The normalized spacial score (nSPS) is 10.1. The number of hydrogen-bond donors (Lipinski definition) is 2. The predicted octanol–water partition coefficient (Wildman–Crippen LogP) is 3.20. The molecule has 0 radical (unpaired) electrons. The number of carbonyl (C=O) groups excluding carboxylic acids is 2. The molecule has 0 aliphatic heterocycles. The Kier molecular flexibility index (Phi) is 5.19. The highest BCUT2D eigenvalue weighted by Gasteiger charge is 2.11. The number of pyridine rings is 1. The van der Waals surface area contributed by atoms with E-state index in [1.807, 2.05) is 6.07 Å². The molecule has 0 atom stereocenters. The van der Waals surface area contributed by atoms with Crippen LogP contribution in [0, 0.1) is 0 Å². The highest BCUT2D eigenvalue weighted by molar-refractivity contribution is 8.00. The summed E-state index contributed by atoms with van der Waals surface area (Å²) in [5.74, 6) is 0.151. The van der Waals surface area contributed by atoms with Crippen LogP contribution in [-0.4, -0.2) is 22.6 Å². The number of benzene rings is 1. The van der Waals surface area contributed by atoms with Crippen molar-refractivity contribution in [3.05, 3.63) is 53.2 Å². The quantitative estimate of drug-likeness (QED) is 0.503. The number of aromatic nitrogens is 1. The molecular weight excluding hydrogens is 310 g/mol. The third kappa shape index (κ3) is 4.47. The summed E-state index contributed by atoms with van der Waals surface area (Å²) in [5.41, 5.74) is 6.14. The van der Waals surface area contributed by atoms with E-state index in [4.69, 9.17) is 17.3 Å². The van der Waals surface area contributed by atoms with Crippen LogP contribution in [0.3, 0.4) is 0 Å². The summed E-state index contributed by atoms with van der Waals surface area (Å²) in [4.78, 5) is 27.1. The number of nitrogens with one attached hydrogen (secondary N) is 1.